The van der Waals surface area contributed by atoms with Gasteiger partial charge in [0.05, 0.1) is 18.8 Å². The van der Waals surface area contributed by atoms with Crippen molar-refractivity contribution < 1.29 is 9.53 Å². The van der Waals surface area contributed by atoms with E-state index in [1.165, 1.54) is 0 Å². The van der Waals surface area contributed by atoms with Crippen LogP contribution in [-0.2, 0) is 0 Å². The number of Topliss-reactive ketones (excluding diaryl/α,β-unsaturated/α-hetero) is 1. The Morgan fingerprint density at radius 3 is 3.00 bits per heavy atom. The number of anilines is 1. The van der Waals surface area contributed by atoms with Crippen LogP contribution in [0.1, 0.15) is 17.3 Å². The van der Waals surface area contributed by atoms with Gasteiger partial charge in [0.1, 0.15) is 11.9 Å². The van der Waals surface area contributed by atoms with Gasteiger partial charge in [0.2, 0.25) is 0 Å². The lowest BCUT2D eigenvalue weighted by Crippen LogP contribution is -2.28. The number of rotatable bonds is 3. The summed E-state index contributed by atoms with van der Waals surface area (Å²) in [5, 5.41) is 3.27. The van der Waals surface area contributed by atoms with E-state index in [0.717, 1.165) is 23.5 Å². The zero-order valence-electron chi connectivity index (χ0n) is 10.5. The molecule has 2 rings (SSSR count). The standard InChI is InChI=1S/C13H18N2O2/c1-9-7-14-11-6-10(4-5-13(11)17-9)12(16)8-15(2)3/h4-6,9,14H,7-8H2,1-3H3. The summed E-state index contributed by atoms with van der Waals surface area (Å²) < 4.78 is 5.66. The summed E-state index contributed by atoms with van der Waals surface area (Å²) in [5.74, 6) is 0.948. The molecule has 92 valence electrons. The molecule has 0 bridgehead atoms. The van der Waals surface area contributed by atoms with E-state index in [1.807, 2.05) is 44.1 Å². The Kier molecular flexibility index (Phi) is 3.33. The van der Waals surface area contributed by atoms with Crippen LogP contribution in [0.3, 0.4) is 0 Å². The van der Waals surface area contributed by atoms with E-state index in [0.29, 0.717) is 6.54 Å². The molecule has 0 spiro atoms. The summed E-state index contributed by atoms with van der Waals surface area (Å²) in [6, 6.07) is 5.55. The quantitative estimate of drug-likeness (QED) is 0.807. The minimum Gasteiger partial charge on any atom is -0.487 e. The summed E-state index contributed by atoms with van der Waals surface area (Å²) >= 11 is 0. The van der Waals surface area contributed by atoms with Gasteiger partial charge in [0, 0.05) is 5.56 Å². The van der Waals surface area contributed by atoms with E-state index in [1.54, 1.807) is 0 Å². The van der Waals surface area contributed by atoms with Crippen LogP contribution in [-0.4, -0.2) is 44.0 Å². The Hall–Kier alpha value is -1.55. The number of likely N-dealkylation sites (N-methyl/N-ethyl adjacent to an activating group) is 1. The van der Waals surface area contributed by atoms with Gasteiger partial charge in [-0.3, -0.25) is 4.79 Å². The van der Waals surface area contributed by atoms with Gasteiger partial charge in [-0.25, -0.2) is 0 Å². The predicted molar refractivity (Wildman–Crippen MR) is 67.9 cm³/mol. The molecule has 0 saturated carbocycles. The van der Waals surface area contributed by atoms with Crippen LogP contribution < -0.4 is 10.1 Å². The van der Waals surface area contributed by atoms with E-state index in [2.05, 4.69) is 5.32 Å². The molecule has 1 atom stereocenters. The highest BCUT2D eigenvalue weighted by atomic mass is 16.5. The fourth-order valence-electron chi connectivity index (χ4n) is 1.83. The molecular weight excluding hydrogens is 216 g/mol. The second-order valence-electron chi connectivity index (χ2n) is 4.68. The van der Waals surface area contributed by atoms with E-state index >= 15 is 0 Å². The number of carbonyl (C=O) groups excluding carboxylic acids is 1. The Bertz CT molecular complexity index is 429. The highest BCUT2D eigenvalue weighted by Gasteiger charge is 2.17. The molecule has 0 amide bonds. The molecule has 1 aliphatic heterocycles. The van der Waals surface area contributed by atoms with Crippen LogP contribution in [0.15, 0.2) is 18.2 Å². The van der Waals surface area contributed by atoms with Crippen molar-refractivity contribution in [1.82, 2.24) is 4.90 Å². The van der Waals surface area contributed by atoms with E-state index in [4.69, 9.17) is 4.74 Å². The molecule has 0 aromatic heterocycles. The normalized spacial score (nSPS) is 18.2. The van der Waals surface area contributed by atoms with Gasteiger partial charge in [-0.1, -0.05) is 0 Å². The monoisotopic (exact) mass is 234 g/mol. The molecule has 0 aliphatic carbocycles. The van der Waals surface area contributed by atoms with Gasteiger partial charge in [0.15, 0.2) is 5.78 Å². The lowest BCUT2D eigenvalue weighted by atomic mass is 10.1. The molecular formula is C13H18N2O2. The molecule has 1 heterocycles. The van der Waals surface area contributed by atoms with Crippen molar-refractivity contribution in [2.45, 2.75) is 13.0 Å². The average Bonchev–Trinajstić information content (AvgIpc) is 2.27. The van der Waals surface area contributed by atoms with Gasteiger partial charge < -0.3 is 15.0 Å². The third-order valence-electron chi connectivity index (χ3n) is 2.67. The number of nitrogens with zero attached hydrogens (tertiary/aromatic N) is 1. The first-order valence-corrected chi connectivity index (χ1v) is 5.79. The second kappa shape index (κ2) is 4.75. The van der Waals surface area contributed by atoms with Crippen molar-refractivity contribution in [2.75, 3.05) is 32.5 Å². The molecule has 1 aliphatic rings. The van der Waals surface area contributed by atoms with Crippen molar-refractivity contribution in [2.24, 2.45) is 0 Å². The van der Waals surface area contributed by atoms with Crippen LogP contribution in [0.2, 0.25) is 0 Å². The fraction of sp³-hybridized carbons (Fsp3) is 0.462. The molecule has 1 aromatic carbocycles. The first-order valence-electron chi connectivity index (χ1n) is 5.79. The molecule has 4 nitrogen and oxygen atoms in total. The maximum absolute atomic E-state index is 11.9. The molecule has 17 heavy (non-hydrogen) atoms. The molecule has 1 N–H and O–H groups in total. The van der Waals surface area contributed by atoms with Crippen molar-refractivity contribution >= 4 is 11.5 Å². The Balaban J connectivity index is 2.19. The van der Waals surface area contributed by atoms with Crippen molar-refractivity contribution in [3.8, 4) is 5.75 Å². The first kappa shape index (κ1) is 11.9. The smallest absolute Gasteiger partial charge is 0.176 e. The van der Waals surface area contributed by atoms with Gasteiger partial charge in [-0.05, 0) is 39.2 Å². The number of nitrogens with one attached hydrogen (secondary N) is 1. The molecule has 0 radical (unpaired) electrons. The van der Waals surface area contributed by atoms with Crippen LogP contribution in [0.5, 0.6) is 5.75 Å². The van der Waals surface area contributed by atoms with Gasteiger partial charge >= 0.3 is 0 Å². The lowest BCUT2D eigenvalue weighted by Gasteiger charge is -2.25. The van der Waals surface area contributed by atoms with Gasteiger partial charge in [-0.15, -0.1) is 0 Å². The van der Waals surface area contributed by atoms with Crippen LogP contribution in [0, 0.1) is 0 Å². The SMILES string of the molecule is CC1CNc2cc(C(=O)CN(C)C)ccc2O1. The number of fused-ring (bicyclic) bond motifs is 1. The minimum atomic E-state index is 0.123. The number of benzene rings is 1. The predicted octanol–water partition coefficient (Wildman–Crippen LogP) is 1.62. The molecule has 0 fully saturated rings. The zero-order chi connectivity index (χ0) is 12.4. The summed E-state index contributed by atoms with van der Waals surface area (Å²) in [4.78, 5) is 13.8. The lowest BCUT2D eigenvalue weighted by molar-refractivity contribution is 0.0958. The van der Waals surface area contributed by atoms with Crippen molar-refractivity contribution in [3.63, 3.8) is 0 Å². The van der Waals surface area contributed by atoms with Gasteiger partial charge in [-0.2, -0.15) is 0 Å². The molecule has 4 heteroatoms. The van der Waals surface area contributed by atoms with Crippen LogP contribution in [0.4, 0.5) is 5.69 Å². The maximum atomic E-state index is 11.9. The number of ketones is 1. The number of hydrogen-bond acceptors (Lipinski definition) is 4. The largest absolute Gasteiger partial charge is 0.487 e. The zero-order valence-corrected chi connectivity index (χ0v) is 10.5. The average molecular weight is 234 g/mol. The summed E-state index contributed by atoms with van der Waals surface area (Å²) in [7, 11) is 3.78. The Morgan fingerprint density at radius 2 is 2.29 bits per heavy atom. The minimum absolute atomic E-state index is 0.123. The molecule has 1 unspecified atom stereocenters. The number of hydrogen-bond donors (Lipinski definition) is 1. The summed E-state index contributed by atoms with van der Waals surface area (Å²) in [6.45, 7) is 3.22. The van der Waals surface area contributed by atoms with Crippen LogP contribution >= 0.6 is 0 Å². The van der Waals surface area contributed by atoms with Crippen LogP contribution in [0.25, 0.3) is 0 Å². The highest BCUT2D eigenvalue weighted by Crippen LogP contribution is 2.29. The number of ether oxygens (including phenoxy) is 1. The third-order valence-corrected chi connectivity index (χ3v) is 2.67. The maximum Gasteiger partial charge on any atom is 0.176 e. The third kappa shape index (κ3) is 2.77. The van der Waals surface area contributed by atoms with Crippen molar-refractivity contribution in [3.05, 3.63) is 23.8 Å². The summed E-state index contributed by atoms with van der Waals surface area (Å²) in [6.07, 6.45) is 0.172. The van der Waals surface area contributed by atoms with Crippen molar-refractivity contribution in [1.29, 1.82) is 0 Å². The summed E-state index contributed by atoms with van der Waals surface area (Å²) in [5.41, 5.74) is 1.64. The Labute approximate surface area is 102 Å². The highest BCUT2D eigenvalue weighted by molar-refractivity contribution is 5.98. The number of carbonyl (C=O) groups is 1. The van der Waals surface area contributed by atoms with E-state index in [-0.39, 0.29) is 11.9 Å². The fourth-order valence-corrected chi connectivity index (χ4v) is 1.83. The Morgan fingerprint density at radius 1 is 1.53 bits per heavy atom. The molecule has 1 aromatic rings. The van der Waals surface area contributed by atoms with Gasteiger partial charge in [0.25, 0.3) is 0 Å². The molecule has 0 saturated heterocycles. The topological polar surface area (TPSA) is 41.6 Å². The first-order chi connectivity index (χ1) is 8.06. The van der Waals surface area contributed by atoms with E-state index < -0.39 is 0 Å². The van der Waals surface area contributed by atoms with E-state index in [9.17, 15) is 4.79 Å². The second-order valence-corrected chi connectivity index (χ2v) is 4.68.